The van der Waals surface area contributed by atoms with Crippen molar-refractivity contribution in [3.05, 3.63) is 59.2 Å². The second-order valence-corrected chi connectivity index (χ2v) is 11.0. The van der Waals surface area contributed by atoms with Crippen LogP contribution in [0.4, 0.5) is 0 Å². The first-order valence-electron chi connectivity index (χ1n) is 13.8. The highest BCUT2D eigenvalue weighted by Crippen LogP contribution is 2.59. The standard InChI is InChI=1S/C31H40O4/c1-21(32)35-30-20-24(34-17-9-3-6-12-22-10-4-2-5-11-22)19-29-26-14-8-7-13-25(26)27-16-15-23(33)18-28(27)31(29)30/h2,4-5,10-11,19-20,23,25-28,33H,3,6-9,12-18H2,1H3. The van der Waals surface area contributed by atoms with Crippen LogP contribution in [-0.4, -0.2) is 23.8 Å². The van der Waals surface area contributed by atoms with E-state index in [1.807, 2.05) is 6.07 Å². The number of ether oxygens (including phenoxy) is 2. The zero-order valence-corrected chi connectivity index (χ0v) is 21.1. The Hall–Kier alpha value is -2.33. The van der Waals surface area contributed by atoms with Gasteiger partial charge in [0.1, 0.15) is 11.5 Å². The highest BCUT2D eigenvalue weighted by molar-refractivity contribution is 5.71. The molecule has 0 bridgehead atoms. The molecule has 35 heavy (non-hydrogen) atoms. The van der Waals surface area contributed by atoms with Gasteiger partial charge >= 0.3 is 5.97 Å². The second-order valence-electron chi connectivity index (χ2n) is 11.0. The van der Waals surface area contributed by atoms with Crippen LogP contribution in [0.2, 0.25) is 0 Å². The third-order valence-corrected chi connectivity index (χ3v) is 8.64. The SMILES string of the molecule is CC(=O)Oc1cc(OCCCCCc2ccccc2)cc2c1C1CC(O)CCC1C1CCCCC21. The lowest BCUT2D eigenvalue weighted by Crippen LogP contribution is -2.40. The molecule has 5 atom stereocenters. The maximum Gasteiger partial charge on any atom is 0.308 e. The maximum atomic E-state index is 12.1. The number of hydrogen-bond donors (Lipinski definition) is 1. The van der Waals surface area contributed by atoms with Gasteiger partial charge in [0, 0.05) is 18.6 Å². The van der Waals surface area contributed by atoms with Crippen molar-refractivity contribution in [3.8, 4) is 11.5 Å². The molecular formula is C31H40O4. The zero-order chi connectivity index (χ0) is 24.2. The summed E-state index contributed by atoms with van der Waals surface area (Å²) in [5.74, 6) is 3.25. The van der Waals surface area contributed by atoms with Gasteiger partial charge in [-0.15, -0.1) is 0 Å². The number of aryl methyl sites for hydroxylation is 1. The molecule has 0 saturated heterocycles. The highest BCUT2D eigenvalue weighted by atomic mass is 16.5. The summed E-state index contributed by atoms with van der Waals surface area (Å²) in [6.45, 7) is 2.15. The molecule has 2 aromatic carbocycles. The Morgan fingerprint density at radius 2 is 1.74 bits per heavy atom. The first-order valence-corrected chi connectivity index (χ1v) is 13.8. The number of carbonyl (C=O) groups is 1. The summed E-state index contributed by atoms with van der Waals surface area (Å²) in [5, 5.41) is 10.5. The number of hydrogen-bond acceptors (Lipinski definition) is 4. The van der Waals surface area contributed by atoms with Crippen molar-refractivity contribution in [1.29, 1.82) is 0 Å². The fourth-order valence-corrected chi connectivity index (χ4v) is 7.17. The van der Waals surface area contributed by atoms with Crippen LogP contribution in [0.5, 0.6) is 11.5 Å². The lowest BCUT2D eigenvalue weighted by molar-refractivity contribution is -0.132. The van der Waals surface area contributed by atoms with Gasteiger partial charge in [0.05, 0.1) is 12.7 Å². The fraction of sp³-hybridized carbons (Fsp3) is 0.581. The number of unbranched alkanes of at least 4 members (excludes halogenated alkanes) is 2. The van der Waals surface area contributed by atoms with E-state index in [1.54, 1.807) is 0 Å². The molecule has 0 amide bonds. The van der Waals surface area contributed by atoms with Crippen LogP contribution in [0.25, 0.3) is 0 Å². The minimum Gasteiger partial charge on any atom is -0.493 e. The molecule has 188 valence electrons. The normalized spacial score (nSPS) is 27.3. The van der Waals surface area contributed by atoms with Gasteiger partial charge in [-0.05, 0) is 98.7 Å². The minimum absolute atomic E-state index is 0.263. The van der Waals surface area contributed by atoms with Gasteiger partial charge < -0.3 is 14.6 Å². The lowest BCUT2D eigenvalue weighted by Gasteiger charge is -2.50. The van der Waals surface area contributed by atoms with Crippen molar-refractivity contribution in [3.63, 3.8) is 0 Å². The van der Waals surface area contributed by atoms with Crippen LogP contribution in [0, 0.1) is 11.8 Å². The van der Waals surface area contributed by atoms with Crippen LogP contribution < -0.4 is 9.47 Å². The predicted octanol–water partition coefficient (Wildman–Crippen LogP) is 6.94. The summed E-state index contributed by atoms with van der Waals surface area (Å²) >= 11 is 0. The quantitative estimate of drug-likeness (QED) is 0.255. The van der Waals surface area contributed by atoms with E-state index in [0.29, 0.717) is 30.1 Å². The summed E-state index contributed by atoms with van der Waals surface area (Å²) in [6.07, 6.45) is 11.9. The van der Waals surface area contributed by atoms with Crippen LogP contribution >= 0.6 is 0 Å². The average molecular weight is 477 g/mol. The molecule has 0 spiro atoms. The third kappa shape index (κ3) is 5.58. The number of aliphatic hydroxyl groups is 1. The van der Waals surface area contributed by atoms with Crippen molar-refractivity contribution in [2.45, 2.75) is 95.5 Å². The molecule has 4 heteroatoms. The number of benzene rings is 2. The van der Waals surface area contributed by atoms with E-state index in [2.05, 4.69) is 36.4 Å². The van der Waals surface area contributed by atoms with E-state index in [9.17, 15) is 9.90 Å². The molecule has 0 radical (unpaired) electrons. The average Bonchev–Trinajstić information content (AvgIpc) is 2.86. The van der Waals surface area contributed by atoms with Crippen molar-refractivity contribution >= 4 is 5.97 Å². The Morgan fingerprint density at radius 1 is 0.943 bits per heavy atom. The summed E-state index contributed by atoms with van der Waals surface area (Å²) in [6, 6.07) is 14.8. The predicted molar refractivity (Wildman–Crippen MR) is 138 cm³/mol. The molecule has 5 unspecified atom stereocenters. The van der Waals surface area contributed by atoms with Gasteiger partial charge in [-0.1, -0.05) is 43.2 Å². The minimum atomic E-state index is -0.288. The first kappa shape index (κ1) is 24.4. The summed E-state index contributed by atoms with van der Waals surface area (Å²) in [4.78, 5) is 12.1. The van der Waals surface area contributed by atoms with Gasteiger partial charge in [0.15, 0.2) is 0 Å². The number of rotatable bonds is 8. The second kappa shape index (κ2) is 11.2. The molecule has 2 aromatic rings. The summed E-state index contributed by atoms with van der Waals surface area (Å²) in [7, 11) is 0. The fourth-order valence-electron chi connectivity index (χ4n) is 7.17. The number of aliphatic hydroxyl groups excluding tert-OH is 1. The highest BCUT2D eigenvalue weighted by Gasteiger charge is 2.47. The monoisotopic (exact) mass is 476 g/mol. The van der Waals surface area contributed by atoms with E-state index in [-0.39, 0.29) is 18.0 Å². The zero-order valence-electron chi connectivity index (χ0n) is 21.1. The van der Waals surface area contributed by atoms with E-state index in [0.717, 1.165) is 50.7 Å². The molecule has 0 aliphatic heterocycles. The topological polar surface area (TPSA) is 55.8 Å². The molecular weight excluding hydrogens is 436 g/mol. The van der Waals surface area contributed by atoms with Crippen molar-refractivity contribution in [2.24, 2.45) is 11.8 Å². The van der Waals surface area contributed by atoms with E-state index in [1.165, 1.54) is 49.3 Å². The third-order valence-electron chi connectivity index (χ3n) is 8.64. The molecule has 2 fully saturated rings. The first-order chi connectivity index (χ1) is 17.1. The van der Waals surface area contributed by atoms with Crippen molar-refractivity contribution in [2.75, 3.05) is 6.61 Å². The Labute approximate surface area is 210 Å². The van der Waals surface area contributed by atoms with Crippen molar-refractivity contribution in [1.82, 2.24) is 0 Å². The summed E-state index contributed by atoms with van der Waals surface area (Å²) in [5.41, 5.74) is 3.90. The van der Waals surface area contributed by atoms with Crippen LogP contribution in [0.3, 0.4) is 0 Å². The smallest absolute Gasteiger partial charge is 0.308 e. The number of fused-ring (bicyclic) bond motifs is 6. The molecule has 5 rings (SSSR count). The number of carbonyl (C=O) groups excluding carboxylic acids is 1. The molecule has 4 nitrogen and oxygen atoms in total. The van der Waals surface area contributed by atoms with Gasteiger partial charge in [0.2, 0.25) is 0 Å². The summed E-state index contributed by atoms with van der Waals surface area (Å²) < 4.78 is 12.1. The van der Waals surface area contributed by atoms with Crippen LogP contribution in [0.1, 0.15) is 99.7 Å². The Morgan fingerprint density at radius 3 is 2.57 bits per heavy atom. The van der Waals surface area contributed by atoms with Gasteiger partial charge in [-0.25, -0.2) is 0 Å². The van der Waals surface area contributed by atoms with Crippen LogP contribution in [-0.2, 0) is 11.2 Å². The Kier molecular flexibility index (Phi) is 7.77. The molecule has 3 aliphatic rings. The maximum absolute atomic E-state index is 12.1. The Bertz CT molecular complexity index is 1000. The molecule has 0 aromatic heterocycles. The van der Waals surface area contributed by atoms with E-state index < -0.39 is 0 Å². The molecule has 0 heterocycles. The largest absolute Gasteiger partial charge is 0.493 e. The molecule has 2 saturated carbocycles. The van der Waals surface area contributed by atoms with Crippen LogP contribution in [0.15, 0.2) is 42.5 Å². The molecule has 3 aliphatic carbocycles. The lowest BCUT2D eigenvalue weighted by atomic mass is 9.55. The van der Waals surface area contributed by atoms with E-state index in [4.69, 9.17) is 9.47 Å². The van der Waals surface area contributed by atoms with Gasteiger partial charge in [0.25, 0.3) is 0 Å². The Balaban J connectivity index is 1.32. The molecule has 1 N–H and O–H groups in total. The van der Waals surface area contributed by atoms with Crippen molar-refractivity contribution < 1.29 is 19.4 Å². The van der Waals surface area contributed by atoms with Gasteiger partial charge in [-0.3, -0.25) is 4.79 Å². The van der Waals surface area contributed by atoms with Gasteiger partial charge in [-0.2, -0.15) is 0 Å². The number of esters is 1. The van der Waals surface area contributed by atoms with E-state index >= 15 is 0 Å².